The van der Waals surface area contributed by atoms with Crippen LogP contribution in [0.4, 0.5) is 4.39 Å². The number of pyridine rings is 1. The molecule has 0 saturated heterocycles. The van der Waals surface area contributed by atoms with Crippen LogP contribution in [0, 0.1) is 12.7 Å². The minimum absolute atomic E-state index is 0.159. The van der Waals surface area contributed by atoms with Crippen molar-refractivity contribution in [3.63, 3.8) is 0 Å². The van der Waals surface area contributed by atoms with Gasteiger partial charge < -0.3 is 14.0 Å². The lowest BCUT2D eigenvalue weighted by Gasteiger charge is -2.18. The van der Waals surface area contributed by atoms with Gasteiger partial charge in [0, 0.05) is 25.3 Å². The van der Waals surface area contributed by atoms with E-state index in [1.165, 1.54) is 13.2 Å². The SMILES string of the molecule is CCc1nc2c(-c3cc(F)c(OC)cc3C)ccnc2n1C(CC)COC. The molecule has 27 heavy (non-hydrogen) atoms. The van der Waals surface area contributed by atoms with E-state index in [4.69, 9.17) is 14.5 Å². The van der Waals surface area contributed by atoms with Crippen LogP contribution in [-0.4, -0.2) is 35.4 Å². The number of halogens is 1. The number of benzene rings is 1. The highest BCUT2D eigenvalue weighted by Gasteiger charge is 2.21. The van der Waals surface area contributed by atoms with Gasteiger partial charge in [0.2, 0.25) is 0 Å². The molecule has 0 radical (unpaired) electrons. The number of fused-ring (bicyclic) bond motifs is 1. The molecule has 3 rings (SSSR count). The predicted octanol–water partition coefficient (Wildman–Crippen LogP) is 4.71. The van der Waals surface area contributed by atoms with Gasteiger partial charge in [-0.3, -0.25) is 0 Å². The molecule has 0 amide bonds. The van der Waals surface area contributed by atoms with Gasteiger partial charge in [0.1, 0.15) is 11.3 Å². The van der Waals surface area contributed by atoms with Crippen molar-refractivity contribution in [1.82, 2.24) is 14.5 Å². The number of rotatable bonds is 7. The maximum Gasteiger partial charge on any atom is 0.165 e. The molecule has 1 unspecified atom stereocenters. The average Bonchev–Trinajstić information content (AvgIpc) is 3.06. The minimum Gasteiger partial charge on any atom is -0.494 e. The summed E-state index contributed by atoms with van der Waals surface area (Å²) in [5, 5.41) is 0. The van der Waals surface area contributed by atoms with Gasteiger partial charge in [0.25, 0.3) is 0 Å². The fourth-order valence-corrected chi connectivity index (χ4v) is 3.55. The minimum atomic E-state index is -0.385. The van der Waals surface area contributed by atoms with Crippen molar-refractivity contribution in [3.05, 3.63) is 41.6 Å². The summed E-state index contributed by atoms with van der Waals surface area (Å²) in [5.41, 5.74) is 4.20. The first kappa shape index (κ1) is 19.3. The Morgan fingerprint density at radius 3 is 2.59 bits per heavy atom. The summed E-state index contributed by atoms with van der Waals surface area (Å²) in [6, 6.07) is 5.28. The summed E-state index contributed by atoms with van der Waals surface area (Å²) in [6.07, 6.45) is 3.46. The van der Waals surface area contributed by atoms with Gasteiger partial charge in [0.15, 0.2) is 17.2 Å². The number of aryl methyl sites for hydroxylation is 2. The summed E-state index contributed by atoms with van der Waals surface area (Å²) >= 11 is 0. The van der Waals surface area contributed by atoms with Crippen LogP contribution < -0.4 is 4.74 Å². The molecule has 0 aliphatic rings. The van der Waals surface area contributed by atoms with Gasteiger partial charge >= 0.3 is 0 Å². The summed E-state index contributed by atoms with van der Waals surface area (Å²) < 4.78 is 27.0. The molecule has 144 valence electrons. The fourth-order valence-electron chi connectivity index (χ4n) is 3.55. The molecule has 6 heteroatoms. The number of hydrogen-bond acceptors (Lipinski definition) is 4. The van der Waals surface area contributed by atoms with Gasteiger partial charge in [-0.1, -0.05) is 13.8 Å². The molecule has 2 aromatic heterocycles. The zero-order chi connectivity index (χ0) is 19.6. The van der Waals surface area contributed by atoms with E-state index < -0.39 is 0 Å². The number of methoxy groups -OCH3 is 2. The fraction of sp³-hybridized carbons (Fsp3) is 0.429. The molecule has 1 aromatic carbocycles. The molecular weight excluding hydrogens is 345 g/mol. The van der Waals surface area contributed by atoms with E-state index in [9.17, 15) is 4.39 Å². The third-order valence-electron chi connectivity index (χ3n) is 4.95. The Morgan fingerprint density at radius 1 is 1.19 bits per heavy atom. The predicted molar refractivity (Wildman–Crippen MR) is 105 cm³/mol. The molecular formula is C21H26FN3O2. The first-order chi connectivity index (χ1) is 13.0. The van der Waals surface area contributed by atoms with Crippen LogP contribution in [0.25, 0.3) is 22.3 Å². The molecule has 3 aromatic rings. The average molecular weight is 371 g/mol. The third kappa shape index (κ3) is 3.41. The lowest BCUT2D eigenvalue weighted by atomic mass is 10.00. The van der Waals surface area contributed by atoms with Gasteiger partial charge in [-0.25, -0.2) is 14.4 Å². The maximum atomic E-state index is 14.4. The van der Waals surface area contributed by atoms with Gasteiger partial charge in [0.05, 0.1) is 19.8 Å². The first-order valence-corrected chi connectivity index (χ1v) is 9.24. The number of hydrogen-bond donors (Lipinski definition) is 0. The molecule has 0 aliphatic carbocycles. The highest BCUT2D eigenvalue weighted by atomic mass is 19.1. The molecule has 1 atom stereocenters. The quantitative estimate of drug-likeness (QED) is 0.603. The largest absolute Gasteiger partial charge is 0.494 e. The third-order valence-corrected chi connectivity index (χ3v) is 4.95. The van der Waals surface area contributed by atoms with Gasteiger partial charge in [-0.05, 0) is 42.7 Å². The second-order valence-corrected chi connectivity index (χ2v) is 6.60. The Morgan fingerprint density at radius 2 is 1.96 bits per heavy atom. The Bertz CT molecular complexity index is 952. The molecule has 5 nitrogen and oxygen atoms in total. The molecule has 0 aliphatic heterocycles. The van der Waals surface area contributed by atoms with Crippen LogP contribution in [0.3, 0.4) is 0 Å². The molecule has 0 N–H and O–H groups in total. The van der Waals surface area contributed by atoms with Crippen LogP contribution in [0.1, 0.15) is 37.7 Å². The van der Waals surface area contributed by atoms with Crippen molar-refractivity contribution in [3.8, 4) is 16.9 Å². The smallest absolute Gasteiger partial charge is 0.165 e. The van der Waals surface area contributed by atoms with Crippen LogP contribution in [0.2, 0.25) is 0 Å². The number of aromatic nitrogens is 3. The monoisotopic (exact) mass is 371 g/mol. The van der Waals surface area contributed by atoms with Crippen LogP contribution >= 0.6 is 0 Å². The van der Waals surface area contributed by atoms with Crippen LogP contribution in [0.15, 0.2) is 24.4 Å². The summed E-state index contributed by atoms with van der Waals surface area (Å²) in [5.74, 6) is 0.817. The van der Waals surface area contributed by atoms with Crippen LogP contribution in [-0.2, 0) is 11.2 Å². The summed E-state index contributed by atoms with van der Waals surface area (Å²) in [6.45, 7) is 6.75. The number of ether oxygens (including phenoxy) is 2. The molecule has 0 spiro atoms. The Kier molecular flexibility index (Phi) is 5.75. The molecule has 0 bridgehead atoms. The second kappa shape index (κ2) is 8.05. The van der Waals surface area contributed by atoms with Crippen molar-refractivity contribution in [2.24, 2.45) is 0 Å². The van der Waals surface area contributed by atoms with Crippen molar-refractivity contribution >= 4 is 11.2 Å². The van der Waals surface area contributed by atoms with Crippen LogP contribution in [0.5, 0.6) is 5.75 Å². The van der Waals surface area contributed by atoms with E-state index in [1.807, 2.05) is 13.0 Å². The topological polar surface area (TPSA) is 49.2 Å². The summed E-state index contributed by atoms with van der Waals surface area (Å²) in [7, 11) is 3.17. The van der Waals surface area contributed by atoms with Crippen molar-refractivity contribution in [1.29, 1.82) is 0 Å². The van der Waals surface area contributed by atoms with Gasteiger partial charge in [-0.2, -0.15) is 0 Å². The Hall–Kier alpha value is -2.47. The summed E-state index contributed by atoms with van der Waals surface area (Å²) in [4.78, 5) is 9.46. The molecule has 0 saturated carbocycles. The van der Waals surface area contributed by atoms with E-state index in [2.05, 4.69) is 23.4 Å². The maximum absolute atomic E-state index is 14.4. The first-order valence-electron chi connectivity index (χ1n) is 9.24. The van der Waals surface area contributed by atoms with Crippen molar-refractivity contribution in [2.75, 3.05) is 20.8 Å². The number of nitrogens with zero attached hydrogens (tertiary/aromatic N) is 3. The second-order valence-electron chi connectivity index (χ2n) is 6.60. The Labute approximate surface area is 159 Å². The highest BCUT2D eigenvalue weighted by Crippen LogP contribution is 2.34. The zero-order valence-electron chi connectivity index (χ0n) is 16.5. The normalized spacial score (nSPS) is 12.5. The zero-order valence-corrected chi connectivity index (χ0v) is 16.5. The van der Waals surface area contributed by atoms with E-state index in [-0.39, 0.29) is 17.6 Å². The Balaban J connectivity index is 2.25. The van der Waals surface area contributed by atoms with E-state index in [0.29, 0.717) is 6.61 Å². The molecule has 2 heterocycles. The number of imidazole rings is 1. The lowest BCUT2D eigenvalue weighted by Crippen LogP contribution is -2.16. The van der Waals surface area contributed by atoms with Crippen molar-refractivity contribution < 1.29 is 13.9 Å². The van der Waals surface area contributed by atoms with E-state index in [0.717, 1.165) is 46.5 Å². The van der Waals surface area contributed by atoms with Crippen molar-refractivity contribution in [2.45, 2.75) is 39.7 Å². The highest BCUT2D eigenvalue weighted by molar-refractivity contribution is 5.91. The van der Waals surface area contributed by atoms with E-state index >= 15 is 0 Å². The van der Waals surface area contributed by atoms with E-state index in [1.54, 1.807) is 19.4 Å². The standard InChI is InChI=1S/C21H26FN3O2/c1-6-14(12-26-4)25-19(7-2)24-20-15(8-9-23-21(20)25)16-11-17(22)18(27-5)10-13(16)3/h8-11,14H,6-7,12H2,1-5H3. The molecule has 0 fully saturated rings. The van der Waals surface area contributed by atoms with Gasteiger partial charge in [-0.15, -0.1) is 0 Å². The lowest BCUT2D eigenvalue weighted by molar-refractivity contribution is 0.153.